The Morgan fingerprint density at radius 3 is 2.52 bits per heavy atom. The van der Waals surface area contributed by atoms with Gasteiger partial charge in [0.2, 0.25) is 0 Å². The molecule has 0 aliphatic carbocycles. The van der Waals surface area contributed by atoms with Crippen LogP contribution in [0.2, 0.25) is 0 Å². The minimum absolute atomic E-state index is 0.154. The monoisotopic (exact) mass is 327 g/mol. The number of nitrogens with zero attached hydrogens (tertiary/aromatic N) is 1. The van der Waals surface area contributed by atoms with E-state index in [0.29, 0.717) is 13.2 Å². The summed E-state index contributed by atoms with van der Waals surface area (Å²) in [6.45, 7) is 15.3. The van der Waals surface area contributed by atoms with Crippen LogP contribution in [-0.4, -0.2) is 47.5 Å². The number of hydrogen-bond donors (Lipinski definition) is 0. The molecule has 0 N–H and O–H groups in total. The molecule has 0 bridgehead atoms. The van der Waals surface area contributed by atoms with Crippen LogP contribution in [0.1, 0.15) is 48.0 Å². The van der Waals surface area contributed by atoms with Gasteiger partial charge in [-0.25, -0.2) is 4.79 Å². The highest BCUT2D eigenvalue weighted by Gasteiger charge is 2.48. The SMILES string of the molecule is C=C[C@H](CC(=O)OCC)[C@H]1COC(C)(C)N1C(=O)OC(C)(C)C. The summed E-state index contributed by atoms with van der Waals surface area (Å²) in [7, 11) is 0. The molecule has 1 aliphatic heterocycles. The van der Waals surface area contributed by atoms with Crippen molar-refractivity contribution in [1.82, 2.24) is 4.90 Å². The van der Waals surface area contributed by atoms with Crippen molar-refractivity contribution in [3.05, 3.63) is 12.7 Å². The Bertz CT molecular complexity index is 452. The van der Waals surface area contributed by atoms with Crippen LogP contribution in [0.4, 0.5) is 4.79 Å². The second-order valence-corrected chi connectivity index (χ2v) is 7.08. The van der Waals surface area contributed by atoms with Gasteiger partial charge in [0.05, 0.1) is 25.7 Å². The van der Waals surface area contributed by atoms with E-state index in [1.165, 1.54) is 0 Å². The van der Waals surface area contributed by atoms with Crippen molar-refractivity contribution in [2.24, 2.45) is 5.92 Å². The largest absolute Gasteiger partial charge is 0.466 e. The maximum absolute atomic E-state index is 12.6. The van der Waals surface area contributed by atoms with Crippen LogP contribution in [-0.2, 0) is 19.0 Å². The smallest absolute Gasteiger partial charge is 0.412 e. The summed E-state index contributed by atoms with van der Waals surface area (Å²) < 4.78 is 16.2. The Morgan fingerprint density at radius 2 is 2.04 bits per heavy atom. The van der Waals surface area contributed by atoms with Gasteiger partial charge in [-0.3, -0.25) is 9.69 Å². The molecule has 0 saturated carbocycles. The van der Waals surface area contributed by atoms with E-state index in [1.54, 1.807) is 31.7 Å². The summed E-state index contributed by atoms with van der Waals surface area (Å²) in [6.07, 6.45) is 1.37. The Kier molecular flexibility index (Phi) is 6.22. The number of hydrogen-bond acceptors (Lipinski definition) is 5. The van der Waals surface area contributed by atoms with Crippen molar-refractivity contribution in [3.8, 4) is 0 Å². The zero-order valence-electron chi connectivity index (χ0n) is 15.0. The molecule has 2 atom stereocenters. The fraction of sp³-hybridized carbons (Fsp3) is 0.765. The van der Waals surface area contributed by atoms with E-state index in [4.69, 9.17) is 14.2 Å². The third kappa shape index (κ3) is 5.23. The number of ether oxygens (including phenoxy) is 3. The first-order valence-electron chi connectivity index (χ1n) is 7.96. The predicted molar refractivity (Wildman–Crippen MR) is 86.8 cm³/mol. The Morgan fingerprint density at radius 1 is 1.43 bits per heavy atom. The van der Waals surface area contributed by atoms with Crippen LogP contribution >= 0.6 is 0 Å². The fourth-order valence-electron chi connectivity index (χ4n) is 2.60. The highest BCUT2D eigenvalue weighted by Crippen LogP contribution is 2.34. The van der Waals surface area contributed by atoms with Crippen LogP contribution in [0.15, 0.2) is 12.7 Å². The lowest BCUT2D eigenvalue weighted by Gasteiger charge is -2.36. The zero-order chi connectivity index (χ0) is 17.8. The molecule has 0 aromatic carbocycles. The van der Waals surface area contributed by atoms with E-state index >= 15 is 0 Å². The van der Waals surface area contributed by atoms with Gasteiger partial charge in [-0.05, 0) is 41.5 Å². The highest BCUT2D eigenvalue weighted by molar-refractivity contribution is 5.72. The van der Waals surface area contributed by atoms with Crippen LogP contribution in [0.5, 0.6) is 0 Å². The Hall–Kier alpha value is -1.56. The molecule has 0 aromatic rings. The average Bonchev–Trinajstić information content (AvgIpc) is 2.70. The predicted octanol–water partition coefficient (Wildman–Crippen LogP) is 3.11. The van der Waals surface area contributed by atoms with E-state index in [-0.39, 0.29) is 24.3 Å². The van der Waals surface area contributed by atoms with Gasteiger partial charge in [0, 0.05) is 5.92 Å². The number of carbonyl (C=O) groups is 2. The molecule has 0 unspecified atom stereocenters. The van der Waals surface area contributed by atoms with Gasteiger partial charge in [-0.2, -0.15) is 0 Å². The molecule has 23 heavy (non-hydrogen) atoms. The van der Waals surface area contributed by atoms with Crippen molar-refractivity contribution < 1.29 is 23.8 Å². The van der Waals surface area contributed by atoms with Crippen molar-refractivity contribution in [2.75, 3.05) is 13.2 Å². The molecule has 0 aromatic heterocycles. The van der Waals surface area contributed by atoms with Crippen LogP contribution in [0.3, 0.4) is 0 Å². The molecule has 0 spiro atoms. The van der Waals surface area contributed by atoms with Gasteiger partial charge in [0.15, 0.2) is 0 Å². The normalized spacial score (nSPS) is 21.7. The lowest BCUT2D eigenvalue weighted by Crippen LogP contribution is -2.52. The quantitative estimate of drug-likeness (QED) is 0.573. The second-order valence-electron chi connectivity index (χ2n) is 7.08. The lowest BCUT2D eigenvalue weighted by atomic mass is 9.95. The molecule has 6 nitrogen and oxygen atoms in total. The zero-order valence-corrected chi connectivity index (χ0v) is 15.0. The van der Waals surface area contributed by atoms with Crippen molar-refractivity contribution in [1.29, 1.82) is 0 Å². The summed E-state index contributed by atoms with van der Waals surface area (Å²) in [6, 6.07) is -0.318. The summed E-state index contributed by atoms with van der Waals surface area (Å²) >= 11 is 0. The maximum Gasteiger partial charge on any atom is 0.412 e. The first kappa shape index (κ1) is 19.5. The maximum atomic E-state index is 12.6. The van der Waals surface area contributed by atoms with Gasteiger partial charge in [-0.15, -0.1) is 6.58 Å². The first-order chi connectivity index (χ1) is 10.5. The molecule has 1 saturated heterocycles. The fourth-order valence-corrected chi connectivity index (χ4v) is 2.60. The number of amides is 1. The van der Waals surface area contributed by atoms with Gasteiger partial charge < -0.3 is 14.2 Å². The number of carbonyl (C=O) groups excluding carboxylic acids is 2. The third-order valence-corrected chi connectivity index (χ3v) is 3.61. The number of rotatable bonds is 5. The van der Waals surface area contributed by atoms with E-state index in [9.17, 15) is 9.59 Å². The minimum Gasteiger partial charge on any atom is -0.466 e. The molecule has 6 heteroatoms. The first-order valence-corrected chi connectivity index (χ1v) is 7.96. The van der Waals surface area contributed by atoms with E-state index < -0.39 is 17.4 Å². The summed E-state index contributed by atoms with van der Waals surface area (Å²) in [5.41, 5.74) is -1.41. The Labute approximate surface area is 138 Å². The Balaban J connectivity index is 2.95. The van der Waals surface area contributed by atoms with E-state index in [2.05, 4.69) is 6.58 Å². The van der Waals surface area contributed by atoms with Crippen LogP contribution < -0.4 is 0 Å². The summed E-state index contributed by atoms with van der Waals surface area (Å²) in [4.78, 5) is 25.9. The minimum atomic E-state index is -0.803. The molecule has 1 amide bonds. The van der Waals surface area contributed by atoms with Crippen molar-refractivity contribution in [2.45, 2.75) is 65.3 Å². The van der Waals surface area contributed by atoms with Gasteiger partial charge >= 0.3 is 12.1 Å². The number of esters is 1. The molecule has 1 fully saturated rings. The van der Waals surface area contributed by atoms with Gasteiger partial charge in [0.1, 0.15) is 11.3 Å². The topological polar surface area (TPSA) is 65.1 Å². The van der Waals surface area contributed by atoms with Crippen LogP contribution in [0.25, 0.3) is 0 Å². The molecule has 1 aliphatic rings. The van der Waals surface area contributed by atoms with E-state index in [1.807, 2.05) is 20.8 Å². The van der Waals surface area contributed by atoms with Gasteiger partial charge in [-0.1, -0.05) is 6.08 Å². The molecular formula is C17H29NO5. The van der Waals surface area contributed by atoms with Crippen LogP contribution in [0, 0.1) is 5.92 Å². The van der Waals surface area contributed by atoms with Crippen molar-refractivity contribution >= 4 is 12.1 Å². The molecule has 1 heterocycles. The second kappa shape index (κ2) is 7.34. The highest BCUT2D eigenvalue weighted by atomic mass is 16.6. The molecule has 0 radical (unpaired) electrons. The molecule has 1 rings (SSSR count). The summed E-state index contributed by atoms with van der Waals surface area (Å²) in [5.74, 6) is -0.574. The molecule has 132 valence electrons. The molecular weight excluding hydrogens is 298 g/mol. The van der Waals surface area contributed by atoms with E-state index in [0.717, 1.165) is 0 Å². The van der Waals surface area contributed by atoms with Crippen molar-refractivity contribution in [3.63, 3.8) is 0 Å². The van der Waals surface area contributed by atoms with Gasteiger partial charge in [0.25, 0.3) is 0 Å². The third-order valence-electron chi connectivity index (χ3n) is 3.61. The standard InChI is InChI=1S/C17H29NO5/c1-8-12(10-14(19)21-9-2)13-11-22-17(6,7)18(13)15(20)23-16(3,4)5/h8,12-13H,1,9-11H2,2-7H3/t12-,13-/m1/s1. The lowest BCUT2D eigenvalue weighted by molar-refractivity contribution is -0.144. The average molecular weight is 327 g/mol. The summed E-state index contributed by atoms with van der Waals surface area (Å²) in [5, 5.41) is 0.